The minimum absolute atomic E-state index is 0.0845. The van der Waals surface area contributed by atoms with Gasteiger partial charge in [-0.2, -0.15) is 0 Å². The van der Waals surface area contributed by atoms with Crippen molar-refractivity contribution in [3.63, 3.8) is 0 Å². The number of rotatable bonds is 20. The molecule has 0 atom stereocenters. The zero-order valence-electron chi connectivity index (χ0n) is 17.4. The molecule has 1 N–H and O–H groups in total. The van der Waals surface area contributed by atoms with Crippen molar-refractivity contribution in [2.24, 2.45) is 0 Å². The van der Waals surface area contributed by atoms with Gasteiger partial charge in [-0.3, -0.25) is 4.79 Å². The highest BCUT2D eigenvalue weighted by Gasteiger charge is 2.02. The molecule has 0 saturated carbocycles. The van der Waals surface area contributed by atoms with Crippen molar-refractivity contribution in [3.8, 4) is 0 Å². The Morgan fingerprint density at radius 2 is 1.54 bits per heavy atom. The van der Waals surface area contributed by atoms with Crippen LogP contribution in [0.5, 0.6) is 0 Å². The topological polar surface area (TPSA) is 41.6 Å². The number of carbonyl (C=O) groups excluding carboxylic acids is 1. The maximum Gasteiger partial charge on any atom is 0.307 e. The number of hydrogen-bond acceptors (Lipinski definition) is 6. The molecule has 0 radical (unpaired) electrons. The summed E-state index contributed by atoms with van der Waals surface area (Å²) in [7, 11) is 7.89. The van der Waals surface area contributed by atoms with Gasteiger partial charge in [0.05, 0.1) is 6.42 Å². The van der Waals surface area contributed by atoms with Crippen LogP contribution in [0.15, 0.2) is 0 Å². The van der Waals surface area contributed by atoms with Crippen molar-refractivity contribution in [2.75, 3.05) is 51.8 Å². The van der Waals surface area contributed by atoms with Gasteiger partial charge in [0.15, 0.2) is 0 Å². The maximum atomic E-state index is 11.6. The van der Waals surface area contributed by atoms with E-state index >= 15 is 0 Å². The molecular formula is C20H42N2O2S2. The van der Waals surface area contributed by atoms with Gasteiger partial charge in [0.1, 0.15) is 6.61 Å². The number of unbranched alkanes of at least 4 members (excludes halogenated alkanes) is 7. The van der Waals surface area contributed by atoms with Crippen molar-refractivity contribution >= 4 is 27.6 Å². The van der Waals surface area contributed by atoms with Gasteiger partial charge in [0.25, 0.3) is 0 Å². The first-order valence-corrected chi connectivity index (χ1v) is 12.9. The summed E-state index contributed by atoms with van der Waals surface area (Å²) >= 11 is 0. The molecule has 0 unspecified atom stereocenters. The van der Waals surface area contributed by atoms with Crippen LogP contribution in [0, 0.1) is 0 Å². The lowest BCUT2D eigenvalue weighted by Gasteiger charge is -2.09. The molecule has 0 aliphatic carbocycles. The van der Waals surface area contributed by atoms with E-state index < -0.39 is 0 Å². The number of esters is 1. The van der Waals surface area contributed by atoms with E-state index in [9.17, 15) is 4.79 Å². The second kappa shape index (κ2) is 21.4. The van der Waals surface area contributed by atoms with Crippen LogP contribution in [0.3, 0.4) is 0 Å². The van der Waals surface area contributed by atoms with Gasteiger partial charge in [-0.1, -0.05) is 73.5 Å². The first-order valence-electron chi connectivity index (χ1n) is 10.4. The third-order valence-electron chi connectivity index (χ3n) is 4.06. The van der Waals surface area contributed by atoms with E-state index in [-0.39, 0.29) is 5.97 Å². The Balaban J connectivity index is 3.14. The van der Waals surface area contributed by atoms with E-state index in [0.717, 1.165) is 25.3 Å². The number of ether oxygens (including phenoxy) is 1. The number of carbonyl (C=O) groups is 1. The summed E-state index contributed by atoms with van der Waals surface area (Å²) in [6.45, 7) is 5.55. The second-order valence-electron chi connectivity index (χ2n) is 7.00. The zero-order chi connectivity index (χ0) is 19.3. The van der Waals surface area contributed by atoms with E-state index in [0.29, 0.717) is 19.6 Å². The van der Waals surface area contributed by atoms with E-state index in [4.69, 9.17) is 4.74 Å². The van der Waals surface area contributed by atoms with E-state index in [1.54, 1.807) is 0 Å². The van der Waals surface area contributed by atoms with Gasteiger partial charge >= 0.3 is 5.97 Å². The fourth-order valence-electron chi connectivity index (χ4n) is 2.51. The van der Waals surface area contributed by atoms with Gasteiger partial charge in [-0.15, -0.1) is 0 Å². The van der Waals surface area contributed by atoms with Gasteiger partial charge < -0.3 is 15.0 Å². The highest BCUT2D eigenvalue weighted by atomic mass is 33.1. The van der Waals surface area contributed by atoms with Gasteiger partial charge in [-0.25, -0.2) is 0 Å². The van der Waals surface area contributed by atoms with Gasteiger partial charge in [0, 0.05) is 18.1 Å². The molecule has 6 heteroatoms. The van der Waals surface area contributed by atoms with Crippen molar-refractivity contribution in [1.82, 2.24) is 10.2 Å². The van der Waals surface area contributed by atoms with E-state index in [1.165, 1.54) is 57.1 Å². The summed E-state index contributed by atoms with van der Waals surface area (Å²) in [5, 5.41) is 3.28. The van der Waals surface area contributed by atoms with Gasteiger partial charge in [-0.05, 0) is 40.0 Å². The maximum absolute atomic E-state index is 11.6. The fraction of sp³-hybridized carbons (Fsp3) is 0.950. The smallest absolute Gasteiger partial charge is 0.307 e. The molecular weight excluding hydrogens is 364 g/mol. The Morgan fingerprint density at radius 3 is 2.23 bits per heavy atom. The summed E-state index contributed by atoms with van der Waals surface area (Å²) in [4.78, 5) is 13.8. The second-order valence-corrected chi connectivity index (χ2v) is 9.70. The molecule has 0 spiro atoms. The quantitative estimate of drug-likeness (QED) is 0.175. The third-order valence-corrected chi connectivity index (χ3v) is 6.51. The SMILES string of the molecule is CCCCCCCCCCSSCCOC(=O)CCNCCCN(C)C. The summed E-state index contributed by atoms with van der Waals surface area (Å²) in [5.41, 5.74) is 0. The molecule has 0 aliphatic rings. The molecule has 156 valence electrons. The average molecular weight is 407 g/mol. The van der Waals surface area contributed by atoms with Crippen LogP contribution < -0.4 is 5.32 Å². The summed E-state index contributed by atoms with van der Waals surface area (Å²) in [6, 6.07) is 0. The molecule has 0 aromatic rings. The van der Waals surface area contributed by atoms with Crippen LogP contribution >= 0.6 is 21.6 Å². The van der Waals surface area contributed by atoms with E-state index in [2.05, 4.69) is 31.2 Å². The lowest BCUT2D eigenvalue weighted by atomic mass is 10.1. The number of nitrogens with one attached hydrogen (secondary N) is 1. The summed E-state index contributed by atoms with van der Waals surface area (Å²) in [5.74, 6) is 2.02. The minimum atomic E-state index is -0.0845. The molecule has 0 rings (SSSR count). The Bertz CT molecular complexity index is 306. The Hall–Kier alpha value is 0.0900. The van der Waals surface area contributed by atoms with Crippen LogP contribution in [-0.2, 0) is 9.53 Å². The highest BCUT2D eigenvalue weighted by molar-refractivity contribution is 8.76. The lowest BCUT2D eigenvalue weighted by Crippen LogP contribution is -2.24. The Morgan fingerprint density at radius 1 is 0.885 bits per heavy atom. The van der Waals surface area contributed by atoms with Crippen LogP contribution in [0.1, 0.15) is 71.1 Å². The molecule has 0 saturated heterocycles. The lowest BCUT2D eigenvalue weighted by molar-refractivity contribution is -0.142. The predicted octanol–water partition coefficient (Wildman–Crippen LogP) is 4.98. The van der Waals surface area contributed by atoms with Crippen molar-refractivity contribution in [2.45, 2.75) is 71.1 Å². The molecule has 0 bridgehead atoms. The van der Waals surface area contributed by atoms with E-state index in [1.807, 2.05) is 21.6 Å². The first kappa shape index (κ1) is 26.1. The fourth-order valence-corrected chi connectivity index (χ4v) is 4.48. The minimum Gasteiger partial charge on any atom is -0.465 e. The normalized spacial score (nSPS) is 11.2. The number of nitrogens with zero attached hydrogens (tertiary/aromatic N) is 1. The zero-order valence-corrected chi connectivity index (χ0v) is 19.0. The molecule has 0 fully saturated rings. The van der Waals surface area contributed by atoms with Crippen molar-refractivity contribution in [1.29, 1.82) is 0 Å². The Kier molecular flexibility index (Phi) is 21.5. The molecule has 26 heavy (non-hydrogen) atoms. The average Bonchev–Trinajstić information content (AvgIpc) is 2.61. The monoisotopic (exact) mass is 406 g/mol. The highest BCUT2D eigenvalue weighted by Crippen LogP contribution is 2.22. The molecule has 0 amide bonds. The largest absolute Gasteiger partial charge is 0.465 e. The van der Waals surface area contributed by atoms with Crippen molar-refractivity contribution in [3.05, 3.63) is 0 Å². The van der Waals surface area contributed by atoms with Crippen LogP contribution in [0.25, 0.3) is 0 Å². The molecule has 0 aromatic heterocycles. The van der Waals surface area contributed by atoms with Crippen LogP contribution in [0.2, 0.25) is 0 Å². The third kappa shape index (κ3) is 22.1. The molecule has 0 aliphatic heterocycles. The molecule has 0 heterocycles. The predicted molar refractivity (Wildman–Crippen MR) is 119 cm³/mol. The molecule has 4 nitrogen and oxygen atoms in total. The Labute approximate surface area is 170 Å². The molecule has 0 aromatic carbocycles. The van der Waals surface area contributed by atoms with Crippen LogP contribution in [0.4, 0.5) is 0 Å². The first-order chi connectivity index (χ1) is 12.7. The standard InChI is InChI=1S/C20H42N2O2S2/c1-4-5-6-7-8-9-10-11-18-25-26-19-17-24-20(23)13-15-21-14-12-16-22(2)3/h21H,4-19H2,1-3H3. The van der Waals surface area contributed by atoms with Crippen molar-refractivity contribution < 1.29 is 9.53 Å². The van der Waals surface area contributed by atoms with Gasteiger partial charge in [0.2, 0.25) is 0 Å². The van der Waals surface area contributed by atoms with Crippen LogP contribution in [-0.4, -0.2) is 62.7 Å². The number of hydrogen-bond donors (Lipinski definition) is 1. The summed E-state index contributed by atoms with van der Waals surface area (Å²) in [6.07, 6.45) is 12.6. The summed E-state index contributed by atoms with van der Waals surface area (Å²) < 4.78 is 5.26.